The van der Waals surface area contributed by atoms with Gasteiger partial charge in [0.15, 0.2) is 0 Å². The van der Waals surface area contributed by atoms with Crippen molar-refractivity contribution in [3.05, 3.63) is 29.3 Å². The number of hydrogen-bond donors (Lipinski definition) is 2. The number of rotatable bonds is 7. The Morgan fingerprint density at radius 3 is 2.43 bits per heavy atom. The molecule has 0 heterocycles. The first-order valence-electron chi connectivity index (χ1n) is 7.03. The molecule has 0 fully saturated rings. The number of carboxylic acid groups (broad SMARTS) is 1. The molecule has 0 aliphatic rings. The molecule has 0 bridgehead atoms. The van der Waals surface area contributed by atoms with Crippen molar-refractivity contribution in [3.63, 3.8) is 0 Å². The van der Waals surface area contributed by atoms with E-state index in [1.807, 2.05) is 6.07 Å². The van der Waals surface area contributed by atoms with Crippen LogP contribution in [0.15, 0.2) is 23.1 Å². The molecule has 0 aliphatic heterocycles. The molecule has 21 heavy (non-hydrogen) atoms. The lowest BCUT2D eigenvalue weighted by Gasteiger charge is -2.17. The Morgan fingerprint density at radius 1 is 1.24 bits per heavy atom. The summed E-state index contributed by atoms with van der Waals surface area (Å²) in [6, 6.07) is 5.39. The number of carboxylic acids is 1. The average Bonchev–Trinajstić information content (AvgIpc) is 2.39. The lowest BCUT2D eigenvalue weighted by atomic mass is 10.0. The number of aryl methyl sites for hydroxylation is 2. The summed E-state index contributed by atoms with van der Waals surface area (Å²) in [6.07, 6.45) is 0.314. The second-order valence-electron chi connectivity index (χ2n) is 5.47. The molecule has 0 aromatic heterocycles. The zero-order valence-corrected chi connectivity index (χ0v) is 13.8. The highest BCUT2D eigenvalue weighted by Gasteiger charge is 2.22. The smallest absolute Gasteiger partial charge is 0.326 e. The van der Waals surface area contributed by atoms with Crippen molar-refractivity contribution in [3.8, 4) is 0 Å². The van der Waals surface area contributed by atoms with Gasteiger partial charge < -0.3 is 10.4 Å². The largest absolute Gasteiger partial charge is 0.480 e. The third kappa shape index (κ3) is 5.79. The second kappa shape index (κ2) is 8.08. The molecule has 1 amide bonds. The van der Waals surface area contributed by atoms with Crippen molar-refractivity contribution >= 4 is 23.6 Å². The first-order valence-corrected chi connectivity index (χ1v) is 8.02. The predicted octanol–water partition coefficient (Wildman–Crippen LogP) is 3.01. The van der Waals surface area contributed by atoms with Crippen LogP contribution < -0.4 is 5.32 Å². The van der Waals surface area contributed by atoms with Gasteiger partial charge in [-0.1, -0.05) is 19.9 Å². The SMILES string of the molecule is Cc1ccc(SCCC(=O)NC(C(=O)O)C(C)C)cc1C. The maximum atomic E-state index is 11.8. The number of carbonyl (C=O) groups excluding carboxylic acids is 1. The number of thioether (sulfide) groups is 1. The summed E-state index contributed by atoms with van der Waals surface area (Å²) in [5.41, 5.74) is 2.48. The Labute approximate surface area is 130 Å². The quantitative estimate of drug-likeness (QED) is 0.760. The van der Waals surface area contributed by atoms with Crippen LogP contribution in [0, 0.1) is 19.8 Å². The third-order valence-corrected chi connectivity index (χ3v) is 4.32. The van der Waals surface area contributed by atoms with E-state index < -0.39 is 12.0 Å². The van der Waals surface area contributed by atoms with Crippen molar-refractivity contribution in [2.45, 2.75) is 45.1 Å². The van der Waals surface area contributed by atoms with E-state index in [-0.39, 0.29) is 11.8 Å². The molecular formula is C16H23NO3S. The number of carbonyl (C=O) groups is 2. The molecule has 1 rings (SSSR count). The molecule has 5 heteroatoms. The zero-order valence-electron chi connectivity index (χ0n) is 13.0. The molecule has 1 aromatic carbocycles. The fourth-order valence-electron chi connectivity index (χ4n) is 1.82. The number of aliphatic carboxylic acids is 1. The Balaban J connectivity index is 2.42. The minimum Gasteiger partial charge on any atom is -0.480 e. The minimum atomic E-state index is -0.986. The van der Waals surface area contributed by atoms with Gasteiger partial charge in [-0.2, -0.15) is 0 Å². The summed E-state index contributed by atoms with van der Waals surface area (Å²) in [7, 11) is 0. The fourth-order valence-corrected chi connectivity index (χ4v) is 2.77. The minimum absolute atomic E-state index is 0.126. The molecule has 0 saturated heterocycles. The summed E-state index contributed by atoms with van der Waals surface area (Å²) >= 11 is 1.61. The van der Waals surface area contributed by atoms with Gasteiger partial charge in [0.25, 0.3) is 0 Å². The Kier molecular flexibility index (Phi) is 6.75. The molecule has 2 N–H and O–H groups in total. The van der Waals surface area contributed by atoms with Gasteiger partial charge in [-0.15, -0.1) is 11.8 Å². The molecule has 1 atom stereocenters. The highest BCUT2D eigenvalue weighted by atomic mass is 32.2. The maximum absolute atomic E-state index is 11.8. The molecule has 1 aromatic rings. The van der Waals surface area contributed by atoms with Gasteiger partial charge in [-0.25, -0.2) is 4.79 Å². The topological polar surface area (TPSA) is 66.4 Å². The first kappa shape index (κ1) is 17.6. The van der Waals surface area contributed by atoms with Crippen LogP contribution in [0.5, 0.6) is 0 Å². The normalized spacial score (nSPS) is 12.2. The van der Waals surface area contributed by atoms with Gasteiger partial charge in [0.2, 0.25) is 5.91 Å². The summed E-state index contributed by atoms with van der Waals surface area (Å²) < 4.78 is 0. The van der Waals surface area contributed by atoms with Crippen molar-refractivity contribution in [2.24, 2.45) is 5.92 Å². The van der Waals surface area contributed by atoms with Gasteiger partial charge in [0.1, 0.15) is 6.04 Å². The van der Waals surface area contributed by atoms with E-state index >= 15 is 0 Å². The molecule has 0 spiro atoms. The summed E-state index contributed by atoms with van der Waals surface area (Å²) in [4.78, 5) is 23.9. The predicted molar refractivity (Wildman–Crippen MR) is 85.7 cm³/mol. The Morgan fingerprint density at radius 2 is 1.90 bits per heavy atom. The van der Waals surface area contributed by atoms with Crippen LogP contribution in [-0.2, 0) is 9.59 Å². The lowest BCUT2D eigenvalue weighted by molar-refractivity contribution is -0.143. The molecule has 116 valence electrons. The van der Waals surface area contributed by atoms with E-state index in [4.69, 9.17) is 5.11 Å². The third-order valence-electron chi connectivity index (χ3n) is 3.33. The van der Waals surface area contributed by atoms with E-state index in [1.165, 1.54) is 11.1 Å². The molecular weight excluding hydrogens is 286 g/mol. The van der Waals surface area contributed by atoms with Crippen molar-refractivity contribution in [1.29, 1.82) is 0 Å². The Hall–Kier alpha value is -1.49. The van der Waals surface area contributed by atoms with Crippen LogP contribution in [0.4, 0.5) is 0 Å². The van der Waals surface area contributed by atoms with Crippen LogP contribution in [0.2, 0.25) is 0 Å². The number of benzene rings is 1. The highest BCUT2D eigenvalue weighted by Crippen LogP contribution is 2.21. The van der Waals surface area contributed by atoms with E-state index in [1.54, 1.807) is 25.6 Å². The summed E-state index contributed by atoms with van der Waals surface area (Å²) in [5, 5.41) is 11.6. The van der Waals surface area contributed by atoms with E-state index in [0.29, 0.717) is 12.2 Å². The lowest BCUT2D eigenvalue weighted by Crippen LogP contribution is -2.44. The molecule has 0 saturated carbocycles. The monoisotopic (exact) mass is 309 g/mol. The zero-order chi connectivity index (χ0) is 16.0. The van der Waals surface area contributed by atoms with Crippen molar-refractivity contribution < 1.29 is 14.7 Å². The molecule has 0 aliphatic carbocycles. The number of nitrogens with one attached hydrogen (secondary N) is 1. The number of hydrogen-bond acceptors (Lipinski definition) is 3. The fraction of sp³-hybridized carbons (Fsp3) is 0.500. The standard InChI is InChI=1S/C16H23NO3S/c1-10(2)15(16(19)20)17-14(18)7-8-21-13-6-5-11(3)12(4)9-13/h5-6,9-10,15H,7-8H2,1-4H3,(H,17,18)(H,19,20). The number of amides is 1. The first-order chi connectivity index (χ1) is 9.81. The van der Waals surface area contributed by atoms with E-state index in [2.05, 4.69) is 31.3 Å². The average molecular weight is 309 g/mol. The van der Waals surface area contributed by atoms with Gasteiger partial charge in [0.05, 0.1) is 0 Å². The molecule has 4 nitrogen and oxygen atoms in total. The van der Waals surface area contributed by atoms with E-state index in [0.717, 1.165) is 4.90 Å². The summed E-state index contributed by atoms with van der Waals surface area (Å²) in [6.45, 7) is 7.69. The van der Waals surface area contributed by atoms with Gasteiger partial charge >= 0.3 is 5.97 Å². The van der Waals surface area contributed by atoms with Crippen LogP contribution >= 0.6 is 11.8 Å². The summed E-state index contributed by atoms with van der Waals surface area (Å²) in [5.74, 6) is -0.690. The second-order valence-corrected chi connectivity index (χ2v) is 6.64. The van der Waals surface area contributed by atoms with Gasteiger partial charge in [-0.05, 0) is 43.0 Å². The van der Waals surface area contributed by atoms with E-state index in [9.17, 15) is 9.59 Å². The van der Waals surface area contributed by atoms with Crippen LogP contribution in [0.3, 0.4) is 0 Å². The highest BCUT2D eigenvalue weighted by molar-refractivity contribution is 7.99. The van der Waals surface area contributed by atoms with Crippen LogP contribution in [0.25, 0.3) is 0 Å². The van der Waals surface area contributed by atoms with Gasteiger partial charge in [-0.3, -0.25) is 4.79 Å². The van der Waals surface area contributed by atoms with Crippen LogP contribution in [0.1, 0.15) is 31.4 Å². The molecule has 1 unspecified atom stereocenters. The van der Waals surface area contributed by atoms with Crippen molar-refractivity contribution in [2.75, 3.05) is 5.75 Å². The Bertz CT molecular complexity index is 514. The molecule has 0 radical (unpaired) electrons. The van der Waals surface area contributed by atoms with Gasteiger partial charge in [0, 0.05) is 17.1 Å². The maximum Gasteiger partial charge on any atom is 0.326 e. The van der Waals surface area contributed by atoms with Crippen molar-refractivity contribution in [1.82, 2.24) is 5.32 Å². The van der Waals surface area contributed by atoms with Crippen LogP contribution in [-0.4, -0.2) is 28.8 Å².